The third-order valence-corrected chi connectivity index (χ3v) is 2.47. The Kier molecular flexibility index (Phi) is 3.22. The number of aldehydes is 1. The fourth-order valence-electron chi connectivity index (χ4n) is 1.65. The van der Waals surface area contributed by atoms with E-state index in [1.807, 2.05) is 12.1 Å². The van der Waals surface area contributed by atoms with E-state index in [0.717, 1.165) is 37.0 Å². The maximum Gasteiger partial charge on any atom is 0.231 e. The third-order valence-electron chi connectivity index (χ3n) is 2.47. The summed E-state index contributed by atoms with van der Waals surface area (Å²) in [5, 5.41) is 0. The molecule has 0 amide bonds. The van der Waals surface area contributed by atoms with E-state index in [1.165, 1.54) is 5.56 Å². The van der Waals surface area contributed by atoms with Crippen molar-refractivity contribution in [2.45, 2.75) is 25.7 Å². The summed E-state index contributed by atoms with van der Waals surface area (Å²) >= 11 is 0. The monoisotopic (exact) mass is 206 g/mol. The number of carbonyl (C=O) groups excluding carboxylic acids is 1. The molecule has 1 aromatic rings. The average Bonchev–Trinajstić information content (AvgIpc) is 2.71. The number of unbranched alkanes of at least 4 members (excludes halogenated alkanes) is 2. The number of carbonyl (C=O) groups is 1. The molecule has 1 aromatic carbocycles. The van der Waals surface area contributed by atoms with Crippen LogP contribution in [0.3, 0.4) is 0 Å². The van der Waals surface area contributed by atoms with Crippen LogP contribution in [0.25, 0.3) is 0 Å². The summed E-state index contributed by atoms with van der Waals surface area (Å²) in [6, 6.07) is 6.01. The van der Waals surface area contributed by atoms with Gasteiger partial charge in [0.05, 0.1) is 0 Å². The Hall–Kier alpha value is -1.51. The Morgan fingerprint density at radius 3 is 2.93 bits per heavy atom. The van der Waals surface area contributed by atoms with Crippen molar-refractivity contribution in [1.29, 1.82) is 0 Å². The van der Waals surface area contributed by atoms with Crippen LogP contribution in [0, 0.1) is 0 Å². The second-order valence-electron chi connectivity index (χ2n) is 3.60. The van der Waals surface area contributed by atoms with Gasteiger partial charge in [0.2, 0.25) is 6.79 Å². The molecule has 3 heteroatoms. The van der Waals surface area contributed by atoms with E-state index in [1.54, 1.807) is 0 Å². The lowest BCUT2D eigenvalue weighted by atomic mass is 10.1. The van der Waals surface area contributed by atoms with Crippen LogP contribution in [0.1, 0.15) is 24.8 Å². The number of benzene rings is 1. The van der Waals surface area contributed by atoms with Gasteiger partial charge in [-0.25, -0.2) is 0 Å². The van der Waals surface area contributed by atoms with Crippen LogP contribution in [0.15, 0.2) is 18.2 Å². The first-order chi connectivity index (χ1) is 7.40. The van der Waals surface area contributed by atoms with Crippen molar-refractivity contribution in [3.8, 4) is 11.5 Å². The van der Waals surface area contributed by atoms with Crippen LogP contribution in [-0.2, 0) is 11.2 Å². The van der Waals surface area contributed by atoms with Crippen molar-refractivity contribution < 1.29 is 14.3 Å². The van der Waals surface area contributed by atoms with Crippen molar-refractivity contribution in [3.05, 3.63) is 23.8 Å². The summed E-state index contributed by atoms with van der Waals surface area (Å²) in [5.74, 6) is 1.66. The van der Waals surface area contributed by atoms with Gasteiger partial charge in [-0.1, -0.05) is 6.07 Å². The summed E-state index contributed by atoms with van der Waals surface area (Å²) in [6.07, 6.45) is 4.62. The summed E-state index contributed by atoms with van der Waals surface area (Å²) in [7, 11) is 0. The van der Waals surface area contributed by atoms with Gasteiger partial charge in [-0.05, 0) is 37.0 Å². The third kappa shape index (κ3) is 2.49. The van der Waals surface area contributed by atoms with Crippen LogP contribution in [0.2, 0.25) is 0 Å². The molecule has 1 heterocycles. The molecule has 2 rings (SSSR count). The lowest BCUT2D eigenvalue weighted by Crippen LogP contribution is -1.93. The summed E-state index contributed by atoms with van der Waals surface area (Å²) in [4.78, 5) is 10.1. The van der Waals surface area contributed by atoms with Crippen molar-refractivity contribution in [1.82, 2.24) is 0 Å². The Morgan fingerprint density at radius 2 is 2.07 bits per heavy atom. The SMILES string of the molecule is O=CCCCCc1ccc2c(c1)OCO2. The molecule has 3 nitrogen and oxygen atoms in total. The molecule has 0 atom stereocenters. The lowest BCUT2D eigenvalue weighted by molar-refractivity contribution is -0.107. The van der Waals surface area contributed by atoms with E-state index >= 15 is 0 Å². The number of fused-ring (bicyclic) bond motifs is 1. The van der Waals surface area contributed by atoms with Gasteiger partial charge in [-0.3, -0.25) is 0 Å². The van der Waals surface area contributed by atoms with E-state index in [0.29, 0.717) is 13.2 Å². The van der Waals surface area contributed by atoms with Crippen LogP contribution >= 0.6 is 0 Å². The molecule has 0 N–H and O–H groups in total. The zero-order chi connectivity index (χ0) is 10.5. The predicted octanol–water partition coefficient (Wildman–Crippen LogP) is 2.33. The molecule has 0 unspecified atom stereocenters. The maximum absolute atomic E-state index is 10.1. The molecule has 0 saturated carbocycles. The molecular weight excluding hydrogens is 192 g/mol. The van der Waals surface area contributed by atoms with E-state index in [9.17, 15) is 4.79 Å². The molecule has 0 radical (unpaired) electrons. The van der Waals surface area contributed by atoms with E-state index in [2.05, 4.69) is 6.07 Å². The minimum Gasteiger partial charge on any atom is -0.454 e. The number of rotatable bonds is 5. The molecule has 0 spiro atoms. The first kappa shape index (κ1) is 10.0. The molecule has 0 bridgehead atoms. The zero-order valence-corrected chi connectivity index (χ0v) is 8.57. The molecule has 80 valence electrons. The zero-order valence-electron chi connectivity index (χ0n) is 8.57. The topological polar surface area (TPSA) is 35.5 Å². The highest BCUT2D eigenvalue weighted by molar-refractivity contribution is 5.49. The molecule has 0 fully saturated rings. The van der Waals surface area contributed by atoms with Gasteiger partial charge in [0, 0.05) is 6.42 Å². The Labute approximate surface area is 89.0 Å². The average molecular weight is 206 g/mol. The van der Waals surface area contributed by atoms with Gasteiger partial charge in [-0.2, -0.15) is 0 Å². The van der Waals surface area contributed by atoms with Crippen molar-refractivity contribution in [2.75, 3.05) is 6.79 Å². The van der Waals surface area contributed by atoms with Gasteiger partial charge < -0.3 is 14.3 Å². The molecule has 0 aromatic heterocycles. The Morgan fingerprint density at radius 1 is 1.20 bits per heavy atom. The normalized spacial score (nSPS) is 12.8. The first-order valence-electron chi connectivity index (χ1n) is 5.22. The summed E-state index contributed by atoms with van der Waals surface area (Å²) in [5.41, 5.74) is 1.24. The van der Waals surface area contributed by atoms with Crippen LogP contribution in [0.5, 0.6) is 11.5 Å². The largest absolute Gasteiger partial charge is 0.454 e. The number of aryl methyl sites for hydroxylation is 1. The van der Waals surface area contributed by atoms with Gasteiger partial charge in [-0.15, -0.1) is 0 Å². The van der Waals surface area contributed by atoms with Gasteiger partial charge in [0.25, 0.3) is 0 Å². The number of hydrogen-bond acceptors (Lipinski definition) is 3. The fourth-order valence-corrected chi connectivity index (χ4v) is 1.65. The van der Waals surface area contributed by atoms with Gasteiger partial charge >= 0.3 is 0 Å². The highest BCUT2D eigenvalue weighted by Crippen LogP contribution is 2.32. The second kappa shape index (κ2) is 4.82. The molecule has 15 heavy (non-hydrogen) atoms. The molecule has 0 aliphatic carbocycles. The number of hydrogen-bond donors (Lipinski definition) is 0. The lowest BCUT2D eigenvalue weighted by Gasteiger charge is -2.01. The smallest absolute Gasteiger partial charge is 0.231 e. The Balaban J connectivity index is 1.89. The molecular formula is C12H14O3. The van der Waals surface area contributed by atoms with E-state index < -0.39 is 0 Å². The quantitative estimate of drug-likeness (QED) is 0.548. The van der Waals surface area contributed by atoms with E-state index in [-0.39, 0.29) is 0 Å². The predicted molar refractivity (Wildman–Crippen MR) is 56.2 cm³/mol. The summed E-state index contributed by atoms with van der Waals surface area (Å²) in [6.45, 7) is 0.323. The van der Waals surface area contributed by atoms with Crippen molar-refractivity contribution in [2.24, 2.45) is 0 Å². The second-order valence-corrected chi connectivity index (χ2v) is 3.60. The summed E-state index contributed by atoms with van der Waals surface area (Å²) < 4.78 is 10.5. The molecule has 1 aliphatic rings. The van der Waals surface area contributed by atoms with Crippen LogP contribution in [0.4, 0.5) is 0 Å². The van der Waals surface area contributed by atoms with Crippen molar-refractivity contribution in [3.63, 3.8) is 0 Å². The molecule has 0 saturated heterocycles. The highest BCUT2D eigenvalue weighted by Gasteiger charge is 2.12. The van der Waals surface area contributed by atoms with Crippen LogP contribution in [-0.4, -0.2) is 13.1 Å². The standard InChI is InChI=1S/C12H14O3/c13-7-3-1-2-4-10-5-6-11-12(8-10)15-9-14-11/h5-8H,1-4,9H2. The fraction of sp³-hybridized carbons (Fsp3) is 0.417. The first-order valence-corrected chi connectivity index (χ1v) is 5.22. The minimum atomic E-state index is 0.323. The Bertz CT molecular complexity index is 347. The van der Waals surface area contributed by atoms with Gasteiger partial charge in [0.1, 0.15) is 6.29 Å². The van der Waals surface area contributed by atoms with Gasteiger partial charge in [0.15, 0.2) is 11.5 Å². The highest BCUT2D eigenvalue weighted by atomic mass is 16.7. The minimum absolute atomic E-state index is 0.323. The van der Waals surface area contributed by atoms with Crippen LogP contribution < -0.4 is 9.47 Å². The van der Waals surface area contributed by atoms with E-state index in [4.69, 9.17) is 9.47 Å². The molecule has 1 aliphatic heterocycles. The van der Waals surface area contributed by atoms with Crippen molar-refractivity contribution >= 4 is 6.29 Å². The number of ether oxygens (including phenoxy) is 2. The maximum atomic E-state index is 10.1.